The number of aliphatic hydroxyl groups is 1. The van der Waals surface area contributed by atoms with E-state index < -0.39 is 5.60 Å². The molecule has 0 aliphatic heterocycles. The van der Waals surface area contributed by atoms with E-state index in [4.69, 9.17) is 0 Å². The van der Waals surface area contributed by atoms with Crippen LogP contribution in [-0.2, 0) is 5.41 Å². The average molecular weight is 353 g/mol. The summed E-state index contributed by atoms with van der Waals surface area (Å²) in [4.78, 5) is 8.52. The highest BCUT2D eigenvalue weighted by atomic mass is 16.3. The Labute approximate surface area is 154 Å². The van der Waals surface area contributed by atoms with E-state index in [0.717, 1.165) is 17.1 Å². The van der Waals surface area contributed by atoms with Gasteiger partial charge in [-0.3, -0.25) is 0 Å². The topological polar surface area (TPSA) is 75.3 Å². The number of nitrogens with zero attached hydrogens (tertiary/aromatic N) is 4. The van der Waals surface area contributed by atoms with E-state index in [1.165, 1.54) is 11.9 Å². The van der Waals surface area contributed by atoms with Gasteiger partial charge in [0.2, 0.25) is 0 Å². The second kappa shape index (κ2) is 6.36. The molecule has 0 aliphatic carbocycles. The van der Waals surface area contributed by atoms with Gasteiger partial charge in [0.1, 0.15) is 12.1 Å². The molecule has 138 valence electrons. The molecule has 6 heteroatoms. The molecular formula is C20H27N5O. The van der Waals surface area contributed by atoms with E-state index in [1.54, 1.807) is 18.4 Å². The molecule has 1 atom stereocenters. The molecule has 2 aromatic heterocycles. The second-order valence-corrected chi connectivity index (χ2v) is 8.36. The summed E-state index contributed by atoms with van der Waals surface area (Å²) in [5.74, 6) is 1.28. The Morgan fingerprint density at radius 3 is 2.31 bits per heavy atom. The van der Waals surface area contributed by atoms with Gasteiger partial charge in [-0.15, -0.1) is 0 Å². The molecule has 6 nitrogen and oxygen atoms in total. The maximum absolute atomic E-state index is 10.8. The minimum absolute atomic E-state index is 0.0886. The lowest BCUT2D eigenvalue weighted by molar-refractivity contribution is 0.0587. The lowest BCUT2D eigenvalue weighted by Crippen LogP contribution is -2.35. The third-order valence-corrected chi connectivity index (χ3v) is 4.49. The van der Waals surface area contributed by atoms with E-state index in [0.29, 0.717) is 5.78 Å². The van der Waals surface area contributed by atoms with Crippen molar-refractivity contribution in [3.05, 3.63) is 53.5 Å². The fourth-order valence-corrected chi connectivity index (χ4v) is 3.02. The first-order valence-electron chi connectivity index (χ1n) is 8.82. The van der Waals surface area contributed by atoms with E-state index >= 15 is 0 Å². The summed E-state index contributed by atoms with van der Waals surface area (Å²) >= 11 is 0. The van der Waals surface area contributed by atoms with Crippen LogP contribution in [0, 0.1) is 6.92 Å². The molecule has 3 aromatic rings. The highest BCUT2D eigenvalue weighted by Gasteiger charge is 2.29. The first-order valence-corrected chi connectivity index (χ1v) is 8.82. The Morgan fingerprint density at radius 1 is 1.08 bits per heavy atom. The number of rotatable bonds is 4. The summed E-state index contributed by atoms with van der Waals surface area (Å²) in [6, 6.07) is 9.98. The molecule has 2 heterocycles. The zero-order valence-electron chi connectivity index (χ0n) is 16.3. The van der Waals surface area contributed by atoms with E-state index in [1.807, 2.05) is 13.0 Å². The second-order valence-electron chi connectivity index (χ2n) is 8.36. The number of benzene rings is 1. The smallest absolute Gasteiger partial charge is 0.254 e. The fraction of sp³-hybridized carbons (Fsp3) is 0.450. The van der Waals surface area contributed by atoms with Crippen LogP contribution in [0.1, 0.15) is 57.5 Å². The summed E-state index contributed by atoms with van der Waals surface area (Å²) in [6.45, 7) is 12.1. The van der Waals surface area contributed by atoms with Crippen molar-refractivity contribution in [2.45, 2.75) is 58.6 Å². The van der Waals surface area contributed by atoms with Crippen LogP contribution in [0.5, 0.6) is 0 Å². The predicted molar refractivity (Wildman–Crippen MR) is 103 cm³/mol. The SMILES string of the molecule is Cc1cc(N[C@H](c2ccc(C(C)(C)C)cc2)C(C)(C)O)n2ncnc2n1. The van der Waals surface area contributed by atoms with Gasteiger partial charge in [0.15, 0.2) is 0 Å². The van der Waals surface area contributed by atoms with Crippen LogP contribution in [-0.4, -0.2) is 30.3 Å². The zero-order chi connectivity index (χ0) is 19.1. The van der Waals surface area contributed by atoms with Crippen LogP contribution in [0.3, 0.4) is 0 Å². The predicted octanol–water partition coefficient (Wildman–Crippen LogP) is 3.65. The normalized spacial score (nSPS) is 13.8. The van der Waals surface area contributed by atoms with Gasteiger partial charge in [-0.1, -0.05) is 45.0 Å². The largest absolute Gasteiger partial charge is 0.388 e. The van der Waals surface area contributed by atoms with Gasteiger partial charge in [0, 0.05) is 11.8 Å². The summed E-state index contributed by atoms with van der Waals surface area (Å²) in [5, 5.41) is 18.5. The molecule has 0 amide bonds. The van der Waals surface area contributed by atoms with Crippen molar-refractivity contribution in [1.29, 1.82) is 0 Å². The van der Waals surface area contributed by atoms with Crippen molar-refractivity contribution in [2.75, 3.05) is 5.32 Å². The Morgan fingerprint density at radius 2 is 1.73 bits per heavy atom. The van der Waals surface area contributed by atoms with Crippen molar-refractivity contribution < 1.29 is 5.11 Å². The van der Waals surface area contributed by atoms with Crippen LogP contribution in [0.4, 0.5) is 5.82 Å². The number of fused-ring (bicyclic) bond motifs is 1. The van der Waals surface area contributed by atoms with Crippen molar-refractivity contribution in [1.82, 2.24) is 19.6 Å². The van der Waals surface area contributed by atoms with E-state index in [2.05, 4.69) is 65.4 Å². The Bertz CT molecular complexity index is 901. The summed E-state index contributed by atoms with van der Waals surface area (Å²) < 4.78 is 1.65. The third-order valence-electron chi connectivity index (χ3n) is 4.49. The van der Waals surface area contributed by atoms with Crippen LogP contribution in [0.15, 0.2) is 36.7 Å². The van der Waals surface area contributed by atoms with Gasteiger partial charge in [-0.2, -0.15) is 14.6 Å². The maximum atomic E-state index is 10.8. The lowest BCUT2D eigenvalue weighted by Gasteiger charge is -2.32. The molecule has 2 N–H and O–H groups in total. The van der Waals surface area contributed by atoms with E-state index in [9.17, 15) is 5.11 Å². The molecule has 0 radical (unpaired) electrons. The first-order chi connectivity index (χ1) is 12.1. The quantitative estimate of drug-likeness (QED) is 0.749. The lowest BCUT2D eigenvalue weighted by atomic mass is 9.84. The van der Waals surface area contributed by atoms with Gasteiger partial charge < -0.3 is 10.4 Å². The highest BCUT2D eigenvalue weighted by Crippen LogP contribution is 2.31. The fourth-order valence-electron chi connectivity index (χ4n) is 3.02. The number of hydrogen-bond donors (Lipinski definition) is 2. The minimum Gasteiger partial charge on any atom is -0.388 e. The summed E-state index contributed by atoms with van der Waals surface area (Å²) in [5.41, 5.74) is 2.21. The van der Waals surface area contributed by atoms with Gasteiger partial charge in [-0.05, 0) is 37.3 Å². The molecular weight excluding hydrogens is 326 g/mol. The molecule has 26 heavy (non-hydrogen) atoms. The number of nitrogens with one attached hydrogen (secondary N) is 1. The van der Waals surface area contributed by atoms with Gasteiger partial charge in [0.25, 0.3) is 5.78 Å². The zero-order valence-corrected chi connectivity index (χ0v) is 16.3. The summed E-state index contributed by atoms with van der Waals surface area (Å²) in [6.07, 6.45) is 1.48. The molecule has 0 saturated carbocycles. The standard InChI is InChI=1S/C20H27N5O/c1-13-11-16(25-18(23-13)21-12-22-25)24-17(20(5,6)26)14-7-9-15(10-8-14)19(2,3)4/h7-12,17,24,26H,1-6H3/t17-/m1/s1. The van der Waals surface area contributed by atoms with Crippen molar-refractivity contribution in [3.63, 3.8) is 0 Å². The molecule has 0 spiro atoms. The maximum Gasteiger partial charge on any atom is 0.254 e. The number of hydrogen-bond acceptors (Lipinski definition) is 5. The van der Waals surface area contributed by atoms with Crippen LogP contribution in [0.2, 0.25) is 0 Å². The van der Waals surface area contributed by atoms with Crippen molar-refractivity contribution >= 4 is 11.6 Å². The molecule has 1 aromatic carbocycles. The highest BCUT2D eigenvalue weighted by molar-refractivity contribution is 5.47. The number of aromatic nitrogens is 4. The van der Waals surface area contributed by atoms with Crippen LogP contribution < -0.4 is 5.32 Å². The van der Waals surface area contributed by atoms with Gasteiger partial charge >= 0.3 is 0 Å². The van der Waals surface area contributed by atoms with Crippen molar-refractivity contribution in [2.24, 2.45) is 0 Å². The van der Waals surface area contributed by atoms with Gasteiger partial charge in [0.05, 0.1) is 11.6 Å². The Balaban J connectivity index is 2.00. The molecule has 0 bridgehead atoms. The van der Waals surface area contributed by atoms with Crippen LogP contribution >= 0.6 is 0 Å². The Hall–Kier alpha value is -2.47. The monoisotopic (exact) mass is 353 g/mol. The van der Waals surface area contributed by atoms with Crippen LogP contribution in [0.25, 0.3) is 5.78 Å². The molecule has 0 fully saturated rings. The Kier molecular flexibility index (Phi) is 4.48. The van der Waals surface area contributed by atoms with Gasteiger partial charge in [-0.25, -0.2) is 4.98 Å². The average Bonchev–Trinajstić information content (AvgIpc) is 2.99. The minimum atomic E-state index is -0.979. The van der Waals surface area contributed by atoms with Crippen molar-refractivity contribution in [3.8, 4) is 0 Å². The number of anilines is 1. The van der Waals surface area contributed by atoms with E-state index in [-0.39, 0.29) is 11.5 Å². The molecule has 3 rings (SSSR count). The third kappa shape index (κ3) is 3.70. The molecule has 0 aliphatic rings. The first kappa shape index (κ1) is 18.3. The molecule has 0 unspecified atom stereocenters. The molecule has 0 saturated heterocycles. The summed E-state index contributed by atoms with van der Waals surface area (Å²) in [7, 11) is 0. The number of aryl methyl sites for hydroxylation is 1.